The van der Waals surface area contributed by atoms with E-state index in [4.69, 9.17) is 0 Å². The first-order chi connectivity index (χ1) is 8.49. The van der Waals surface area contributed by atoms with Crippen molar-refractivity contribution in [1.82, 2.24) is 10.2 Å². The van der Waals surface area contributed by atoms with E-state index in [0.29, 0.717) is 13.0 Å². The summed E-state index contributed by atoms with van der Waals surface area (Å²) in [4.78, 5) is 36.9. The van der Waals surface area contributed by atoms with Gasteiger partial charge in [0.1, 0.15) is 0 Å². The second-order valence-corrected chi connectivity index (χ2v) is 6.16. The third kappa shape index (κ3) is 2.68. The molecule has 2 atom stereocenters. The monoisotopic (exact) mass is 270 g/mol. The predicted octanol–water partition coefficient (Wildman–Crippen LogP) is 0.392. The van der Waals surface area contributed by atoms with Crippen LogP contribution < -0.4 is 5.32 Å². The number of amides is 2. The number of likely N-dealkylation sites (tertiary alicyclic amines) is 1. The summed E-state index contributed by atoms with van der Waals surface area (Å²) in [6.07, 6.45) is 0.960. The van der Waals surface area contributed by atoms with Crippen molar-refractivity contribution in [2.75, 3.05) is 12.3 Å². The predicted molar refractivity (Wildman–Crippen MR) is 69.0 cm³/mol. The molecule has 5 nitrogen and oxygen atoms in total. The van der Waals surface area contributed by atoms with Crippen LogP contribution in [0.3, 0.4) is 0 Å². The summed E-state index contributed by atoms with van der Waals surface area (Å²) < 4.78 is 0. The third-order valence-corrected chi connectivity index (χ3v) is 4.41. The SMILES string of the molecule is CC(C)N1C[C@@H](C(=O)N[C@@H]2CCSC2=O)CC1=O. The van der Waals surface area contributed by atoms with Crippen molar-refractivity contribution in [3.63, 3.8) is 0 Å². The van der Waals surface area contributed by atoms with Crippen LogP contribution in [0.1, 0.15) is 26.7 Å². The lowest BCUT2D eigenvalue weighted by molar-refractivity contribution is -0.130. The van der Waals surface area contributed by atoms with E-state index in [9.17, 15) is 14.4 Å². The molecule has 6 heteroatoms. The first-order valence-electron chi connectivity index (χ1n) is 6.25. The lowest BCUT2D eigenvalue weighted by atomic mass is 10.1. The van der Waals surface area contributed by atoms with Gasteiger partial charge in [-0.05, 0) is 20.3 Å². The Bertz CT molecular complexity index is 384. The highest BCUT2D eigenvalue weighted by Gasteiger charge is 2.37. The van der Waals surface area contributed by atoms with Crippen LogP contribution in [-0.4, -0.2) is 46.2 Å². The zero-order valence-corrected chi connectivity index (χ0v) is 11.5. The Hall–Kier alpha value is -1.04. The number of carbonyl (C=O) groups is 3. The van der Waals surface area contributed by atoms with Crippen molar-refractivity contribution in [2.24, 2.45) is 5.92 Å². The number of nitrogens with one attached hydrogen (secondary N) is 1. The largest absolute Gasteiger partial charge is 0.345 e. The van der Waals surface area contributed by atoms with Gasteiger partial charge in [-0.25, -0.2) is 0 Å². The zero-order valence-electron chi connectivity index (χ0n) is 10.6. The van der Waals surface area contributed by atoms with Crippen LogP contribution in [-0.2, 0) is 14.4 Å². The van der Waals surface area contributed by atoms with Gasteiger partial charge in [0, 0.05) is 24.8 Å². The molecule has 0 bridgehead atoms. The van der Waals surface area contributed by atoms with Crippen LogP contribution in [0.25, 0.3) is 0 Å². The Morgan fingerprint density at radius 2 is 2.17 bits per heavy atom. The number of carbonyl (C=O) groups excluding carboxylic acids is 3. The highest BCUT2D eigenvalue weighted by molar-refractivity contribution is 8.14. The molecule has 2 aliphatic heterocycles. The molecule has 2 aliphatic rings. The molecule has 0 aromatic rings. The van der Waals surface area contributed by atoms with Crippen molar-refractivity contribution in [2.45, 2.75) is 38.8 Å². The van der Waals surface area contributed by atoms with E-state index in [2.05, 4.69) is 5.32 Å². The molecule has 0 radical (unpaired) electrons. The summed E-state index contributed by atoms with van der Waals surface area (Å²) >= 11 is 1.26. The van der Waals surface area contributed by atoms with Crippen LogP contribution in [0.15, 0.2) is 0 Å². The molecule has 0 aromatic carbocycles. The van der Waals surface area contributed by atoms with Gasteiger partial charge < -0.3 is 10.2 Å². The molecule has 2 saturated heterocycles. The van der Waals surface area contributed by atoms with Gasteiger partial charge in [-0.1, -0.05) is 11.8 Å². The maximum atomic E-state index is 12.0. The molecule has 2 heterocycles. The quantitative estimate of drug-likeness (QED) is 0.805. The second kappa shape index (κ2) is 5.30. The number of nitrogens with zero attached hydrogens (tertiary/aromatic N) is 1. The van der Waals surface area contributed by atoms with Gasteiger partial charge in [0.05, 0.1) is 12.0 Å². The van der Waals surface area contributed by atoms with Crippen molar-refractivity contribution < 1.29 is 14.4 Å². The van der Waals surface area contributed by atoms with E-state index < -0.39 is 0 Å². The zero-order chi connectivity index (χ0) is 13.3. The van der Waals surface area contributed by atoms with Gasteiger partial charge in [0.25, 0.3) is 0 Å². The van der Waals surface area contributed by atoms with Gasteiger partial charge in [-0.15, -0.1) is 0 Å². The van der Waals surface area contributed by atoms with Crippen molar-refractivity contribution in [3.05, 3.63) is 0 Å². The summed E-state index contributed by atoms with van der Waals surface area (Å²) in [5.74, 6) is 0.328. The Balaban J connectivity index is 1.91. The van der Waals surface area contributed by atoms with E-state index in [-0.39, 0.29) is 41.4 Å². The van der Waals surface area contributed by atoms with Gasteiger partial charge >= 0.3 is 0 Å². The highest BCUT2D eigenvalue weighted by atomic mass is 32.2. The number of thioether (sulfide) groups is 1. The Morgan fingerprint density at radius 3 is 2.67 bits per heavy atom. The number of rotatable bonds is 3. The van der Waals surface area contributed by atoms with Crippen LogP contribution >= 0.6 is 11.8 Å². The normalized spacial score (nSPS) is 28.3. The fourth-order valence-electron chi connectivity index (χ4n) is 2.32. The molecule has 2 fully saturated rings. The molecule has 0 spiro atoms. The molecule has 0 aliphatic carbocycles. The fourth-order valence-corrected chi connectivity index (χ4v) is 3.26. The summed E-state index contributed by atoms with van der Waals surface area (Å²) in [6.45, 7) is 4.35. The minimum Gasteiger partial charge on any atom is -0.345 e. The first-order valence-corrected chi connectivity index (χ1v) is 7.24. The molecule has 100 valence electrons. The van der Waals surface area contributed by atoms with Crippen LogP contribution in [0.2, 0.25) is 0 Å². The second-order valence-electron chi connectivity index (χ2n) is 5.06. The van der Waals surface area contributed by atoms with Crippen LogP contribution in [0.4, 0.5) is 0 Å². The van der Waals surface area contributed by atoms with Gasteiger partial charge in [-0.2, -0.15) is 0 Å². The fraction of sp³-hybridized carbons (Fsp3) is 0.750. The summed E-state index contributed by atoms with van der Waals surface area (Å²) in [5, 5.41) is 2.80. The molecular weight excluding hydrogens is 252 g/mol. The summed E-state index contributed by atoms with van der Waals surface area (Å²) in [6, 6.07) is -0.232. The average molecular weight is 270 g/mol. The van der Waals surface area contributed by atoms with Crippen molar-refractivity contribution >= 4 is 28.7 Å². The molecule has 0 aromatic heterocycles. The molecule has 18 heavy (non-hydrogen) atoms. The molecular formula is C12H18N2O3S. The van der Waals surface area contributed by atoms with Gasteiger partial charge in [-0.3, -0.25) is 14.4 Å². The summed E-state index contributed by atoms with van der Waals surface area (Å²) in [7, 11) is 0. The number of hydrogen-bond acceptors (Lipinski definition) is 4. The lowest BCUT2D eigenvalue weighted by Gasteiger charge is -2.21. The maximum absolute atomic E-state index is 12.0. The molecule has 0 unspecified atom stereocenters. The Labute approximate surface area is 111 Å². The van der Waals surface area contributed by atoms with Crippen molar-refractivity contribution in [3.8, 4) is 0 Å². The van der Waals surface area contributed by atoms with E-state index in [1.54, 1.807) is 4.90 Å². The molecule has 2 rings (SSSR count). The molecule has 1 N–H and O–H groups in total. The summed E-state index contributed by atoms with van der Waals surface area (Å²) in [5.41, 5.74) is 0. The lowest BCUT2D eigenvalue weighted by Crippen LogP contribution is -2.42. The van der Waals surface area contributed by atoms with E-state index in [1.165, 1.54) is 11.8 Å². The van der Waals surface area contributed by atoms with E-state index >= 15 is 0 Å². The first kappa shape index (κ1) is 13.4. The minimum absolute atomic E-state index is 0.0253. The van der Waals surface area contributed by atoms with Gasteiger partial charge in [0.15, 0.2) is 0 Å². The standard InChI is InChI=1S/C12H18N2O3S/c1-7(2)14-6-8(5-10(14)15)11(16)13-9-3-4-18-12(9)17/h7-9H,3-6H2,1-2H3,(H,13,16)/t8-,9+/m0/s1. The molecule has 2 amide bonds. The Kier molecular flexibility index (Phi) is 3.94. The number of hydrogen-bond donors (Lipinski definition) is 1. The van der Waals surface area contributed by atoms with E-state index in [1.807, 2.05) is 13.8 Å². The highest BCUT2D eigenvalue weighted by Crippen LogP contribution is 2.23. The molecule has 0 saturated carbocycles. The smallest absolute Gasteiger partial charge is 0.226 e. The minimum atomic E-state index is -0.356. The average Bonchev–Trinajstić information content (AvgIpc) is 2.86. The van der Waals surface area contributed by atoms with Gasteiger partial charge in [0.2, 0.25) is 16.9 Å². The topological polar surface area (TPSA) is 66.5 Å². The van der Waals surface area contributed by atoms with Crippen LogP contribution in [0.5, 0.6) is 0 Å². The Morgan fingerprint density at radius 1 is 1.44 bits per heavy atom. The van der Waals surface area contributed by atoms with Crippen LogP contribution in [0, 0.1) is 5.92 Å². The third-order valence-electron chi connectivity index (χ3n) is 3.40. The van der Waals surface area contributed by atoms with E-state index in [0.717, 1.165) is 5.75 Å². The maximum Gasteiger partial charge on any atom is 0.226 e. The van der Waals surface area contributed by atoms with Crippen molar-refractivity contribution in [1.29, 1.82) is 0 Å².